The molecule has 2 nitrogen and oxygen atoms in total. The van der Waals surface area contributed by atoms with Gasteiger partial charge in [-0.2, -0.15) is 0 Å². The van der Waals surface area contributed by atoms with E-state index in [4.69, 9.17) is 4.74 Å². The predicted octanol–water partition coefficient (Wildman–Crippen LogP) is -1.13. The fourth-order valence-corrected chi connectivity index (χ4v) is 0.655. The summed E-state index contributed by atoms with van der Waals surface area (Å²) in [6.45, 7) is 4.02. The lowest BCUT2D eigenvalue weighted by molar-refractivity contribution is 0.0739. The fraction of sp³-hybridized carbons (Fsp3) is 1.00. The second kappa shape index (κ2) is 2.33. The zero-order chi connectivity index (χ0) is 5.11. The third kappa shape index (κ3) is 1.49. The van der Waals surface area contributed by atoms with Crippen molar-refractivity contribution in [3.8, 4) is 0 Å². The van der Waals surface area contributed by atoms with Crippen molar-refractivity contribution in [3.63, 3.8) is 0 Å². The van der Waals surface area contributed by atoms with Crippen molar-refractivity contribution < 1.29 is 4.74 Å². The molecule has 3 heteroatoms. The van der Waals surface area contributed by atoms with Crippen molar-refractivity contribution in [2.24, 2.45) is 0 Å². The van der Waals surface area contributed by atoms with Crippen molar-refractivity contribution >= 4 is 7.98 Å². The molecule has 1 saturated heterocycles. The highest BCUT2D eigenvalue weighted by atomic mass is 16.5. The zero-order valence-corrected chi connectivity index (χ0v) is 4.68. The summed E-state index contributed by atoms with van der Waals surface area (Å²) in [5.74, 6) is 0. The summed E-state index contributed by atoms with van der Waals surface area (Å²) < 4.78 is 5.10. The van der Waals surface area contributed by atoms with Gasteiger partial charge in [-0.25, -0.2) is 0 Å². The number of hydrogen-bond acceptors (Lipinski definition) is 2. The van der Waals surface area contributed by atoms with E-state index in [1.54, 1.807) is 0 Å². The van der Waals surface area contributed by atoms with Crippen LogP contribution in [-0.4, -0.2) is 39.1 Å². The number of nitrogens with zero attached hydrogens (tertiary/aromatic N) is 1. The fourth-order valence-electron chi connectivity index (χ4n) is 0.655. The SMILES string of the molecule is BN1CCOCC1. The van der Waals surface area contributed by atoms with E-state index in [0.29, 0.717) is 0 Å². The van der Waals surface area contributed by atoms with Gasteiger partial charge in [0.15, 0.2) is 7.98 Å². The number of morpholine rings is 1. The van der Waals surface area contributed by atoms with Crippen LogP contribution in [0.15, 0.2) is 0 Å². The van der Waals surface area contributed by atoms with E-state index in [2.05, 4.69) is 12.8 Å². The van der Waals surface area contributed by atoms with Crippen LogP contribution in [0.25, 0.3) is 0 Å². The van der Waals surface area contributed by atoms with Crippen LogP contribution in [0.3, 0.4) is 0 Å². The van der Waals surface area contributed by atoms with Gasteiger partial charge in [0.05, 0.1) is 13.2 Å². The molecule has 0 N–H and O–H groups in total. The second-order valence-electron chi connectivity index (χ2n) is 1.92. The van der Waals surface area contributed by atoms with E-state index in [-0.39, 0.29) is 0 Å². The molecule has 0 amide bonds. The minimum absolute atomic E-state index is 0.913. The number of ether oxygens (including phenoxy) is 1. The summed E-state index contributed by atoms with van der Waals surface area (Å²) >= 11 is 0. The van der Waals surface area contributed by atoms with Crippen molar-refractivity contribution in [2.45, 2.75) is 0 Å². The molecule has 0 aliphatic carbocycles. The Hall–Kier alpha value is -0.0151. The standard InChI is InChI=1S/C4H10BNO/c5-6-1-3-7-4-2-6/h1-5H2. The van der Waals surface area contributed by atoms with E-state index in [0.717, 1.165) is 26.3 Å². The lowest BCUT2D eigenvalue weighted by Crippen LogP contribution is -2.33. The maximum Gasteiger partial charge on any atom is 0.185 e. The van der Waals surface area contributed by atoms with Crippen molar-refractivity contribution in [1.82, 2.24) is 4.81 Å². The van der Waals surface area contributed by atoms with Crippen LogP contribution in [0, 0.1) is 0 Å². The quantitative estimate of drug-likeness (QED) is 0.356. The normalized spacial score (nSPS) is 25.1. The monoisotopic (exact) mass is 99.1 g/mol. The Kier molecular flexibility index (Phi) is 1.71. The maximum atomic E-state index is 5.10. The van der Waals surface area contributed by atoms with E-state index in [1.807, 2.05) is 0 Å². The second-order valence-corrected chi connectivity index (χ2v) is 1.92. The van der Waals surface area contributed by atoms with Crippen molar-refractivity contribution in [1.29, 1.82) is 0 Å². The Morgan fingerprint density at radius 2 is 1.86 bits per heavy atom. The van der Waals surface area contributed by atoms with Crippen LogP contribution in [0.2, 0.25) is 0 Å². The Morgan fingerprint density at radius 3 is 2.14 bits per heavy atom. The predicted molar refractivity (Wildman–Crippen MR) is 30.9 cm³/mol. The first-order chi connectivity index (χ1) is 3.39. The van der Waals surface area contributed by atoms with Gasteiger partial charge in [-0.15, -0.1) is 0 Å². The number of rotatable bonds is 0. The highest BCUT2D eigenvalue weighted by molar-refractivity contribution is 6.04. The smallest absolute Gasteiger partial charge is 0.185 e. The first-order valence-corrected chi connectivity index (χ1v) is 2.66. The Morgan fingerprint density at radius 1 is 1.29 bits per heavy atom. The third-order valence-electron chi connectivity index (χ3n) is 1.23. The molecule has 0 bridgehead atoms. The molecule has 0 atom stereocenters. The van der Waals surface area contributed by atoms with E-state index in [1.165, 1.54) is 0 Å². The molecule has 7 heavy (non-hydrogen) atoms. The average molecular weight is 98.9 g/mol. The molecule has 40 valence electrons. The van der Waals surface area contributed by atoms with Gasteiger partial charge in [-0.05, 0) is 0 Å². The summed E-state index contributed by atoms with van der Waals surface area (Å²) in [6, 6.07) is 0. The van der Waals surface area contributed by atoms with Gasteiger partial charge in [-0.3, -0.25) is 0 Å². The number of hydrogen-bond donors (Lipinski definition) is 0. The van der Waals surface area contributed by atoms with Gasteiger partial charge in [0, 0.05) is 13.1 Å². The van der Waals surface area contributed by atoms with Crippen LogP contribution < -0.4 is 0 Å². The molecular formula is C4H10BNO. The average Bonchev–Trinajstić information content (AvgIpc) is 1.69. The molecule has 0 aromatic rings. The Balaban J connectivity index is 2.12. The molecule has 0 radical (unpaired) electrons. The summed E-state index contributed by atoms with van der Waals surface area (Å²) in [6.07, 6.45) is 0. The molecule has 0 aromatic heterocycles. The Bertz CT molecular complexity index is 53.7. The van der Waals surface area contributed by atoms with Crippen LogP contribution in [-0.2, 0) is 4.74 Å². The van der Waals surface area contributed by atoms with Gasteiger partial charge in [-0.1, -0.05) is 0 Å². The zero-order valence-electron chi connectivity index (χ0n) is 4.68. The van der Waals surface area contributed by atoms with Crippen LogP contribution in [0.4, 0.5) is 0 Å². The molecule has 1 fully saturated rings. The van der Waals surface area contributed by atoms with E-state index in [9.17, 15) is 0 Å². The molecular weight excluding hydrogens is 88.9 g/mol. The molecule has 1 aliphatic rings. The first kappa shape index (κ1) is 5.13. The lowest BCUT2D eigenvalue weighted by Gasteiger charge is -2.21. The topological polar surface area (TPSA) is 12.5 Å². The molecule has 0 aromatic carbocycles. The maximum absolute atomic E-state index is 5.10. The summed E-state index contributed by atoms with van der Waals surface area (Å²) in [5, 5.41) is 0. The van der Waals surface area contributed by atoms with Gasteiger partial charge in [0.1, 0.15) is 0 Å². The van der Waals surface area contributed by atoms with Gasteiger partial charge < -0.3 is 9.55 Å². The highest BCUT2D eigenvalue weighted by Gasteiger charge is 2.02. The minimum Gasteiger partial charge on any atom is -0.379 e. The van der Waals surface area contributed by atoms with Crippen LogP contribution >= 0.6 is 0 Å². The summed E-state index contributed by atoms with van der Waals surface area (Å²) in [5.41, 5.74) is 0. The molecule has 1 aliphatic heterocycles. The van der Waals surface area contributed by atoms with Gasteiger partial charge in [0.25, 0.3) is 0 Å². The highest BCUT2D eigenvalue weighted by Crippen LogP contribution is 1.88. The molecule has 0 saturated carbocycles. The molecule has 0 unspecified atom stereocenters. The van der Waals surface area contributed by atoms with E-state index >= 15 is 0 Å². The molecule has 1 heterocycles. The Labute approximate surface area is 44.9 Å². The molecule has 1 rings (SSSR count). The van der Waals surface area contributed by atoms with Crippen molar-refractivity contribution in [3.05, 3.63) is 0 Å². The minimum atomic E-state index is 0.913. The molecule has 0 spiro atoms. The third-order valence-corrected chi connectivity index (χ3v) is 1.23. The van der Waals surface area contributed by atoms with Crippen LogP contribution in [0.1, 0.15) is 0 Å². The van der Waals surface area contributed by atoms with Gasteiger partial charge >= 0.3 is 0 Å². The summed E-state index contributed by atoms with van der Waals surface area (Å²) in [7, 11) is 2.11. The van der Waals surface area contributed by atoms with Crippen LogP contribution in [0.5, 0.6) is 0 Å². The van der Waals surface area contributed by atoms with Gasteiger partial charge in [0.2, 0.25) is 0 Å². The lowest BCUT2D eigenvalue weighted by atomic mass is 10.3. The largest absolute Gasteiger partial charge is 0.379 e. The van der Waals surface area contributed by atoms with Crippen molar-refractivity contribution in [2.75, 3.05) is 26.3 Å². The first-order valence-electron chi connectivity index (χ1n) is 2.66. The summed E-state index contributed by atoms with van der Waals surface area (Å²) in [4.78, 5) is 2.27. The van der Waals surface area contributed by atoms with E-state index < -0.39 is 0 Å².